The fourth-order valence-electron chi connectivity index (χ4n) is 3.39. The van der Waals surface area contributed by atoms with Gasteiger partial charge in [-0.2, -0.15) is 0 Å². The van der Waals surface area contributed by atoms with Crippen LogP contribution in [0, 0.1) is 0 Å². The number of hydrogen-bond acceptors (Lipinski definition) is 2. The van der Waals surface area contributed by atoms with Crippen molar-refractivity contribution in [2.24, 2.45) is 0 Å². The Morgan fingerprint density at radius 3 is 2.65 bits per heavy atom. The molecule has 0 aliphatic heterocycles. The van der Waals surface area contributed by atoms with Crippen molar-refractivity contribution in [3.05, 3.63) is 89.1 Å². The van der Waals surface area contributed by atoms with Crippen molar-refractivity contribution in [3.63, 3.8) is 0 Å². The maximum absolute atomic E-state index is 12.6. The van der Waals surface area contributed by atoms with Crippen LogP contribution in [0.4, 0.5) is 0 Å². The van der Waals surface area contributed by atoms with Crippen LogP contribution in [0.25, 0.3) is 16.5 Å². The smallest absolute Gasteiger partial charge is 0.268 e. The van der Waals surface area contributed by atoms with E-state index in [4.69, 9.17) is 0 Å². The van der Waals surface area contributed by atoms with Gasteiger partial charge in [-0.1, -0.05) is 60.7 Å². The molecule has 1 heterocycles. The van der Waals surface area contributed by atoms with Crippen molar-refractivity contribution < 1.29 is 9.90 Å². The molecule has 0 radical (unpaired) electrons. The Morgan fingerprint density at radius 2 is 1.85 bits per heavy atom. The predicted molar refractivity (Wildman–Crippen MR) is 104 cm³/mol. The lowest BCUT2D eigenvalue weighted by Crippen LogP contribution is -2.26. The van der Waals surface area contributed by atoms with Gasteiger partial charge in [0.2, 0.25) is 0 Å². The third-order valence-electron chi connectivity index (χ3n) is 4.74. The van der Waals surface area contributed by atoms with E-state index in [1.165, 1.54) is 11.1 Å². The summed E-state index contributed by atoms with van der Waals surface area (Å²) in [6, 6.07) is 17.9. The molecule has 0 saturated heterocycles. The number of aromatic amines is 1. The molecule has 1 aliphatic carbocycles. The van der Waals surface area contributed by atoms with Crippen LogP contribution in [-0.2, 0) is 6.61 Å². The van der Waals surface area contributed by atoms with Crippen molar-refractivity contribution in [1.82, 2.24) is 10.3 Å². The minimum atomic E-state index is -0.201. The van der Waals surface area contributed by atoms with Gasteiger partial charge >= 0.3 is 0 Å². The van der Waals surface area contributed by atoms with Crippen molar-refractivity contribution in [2.75, 3.05) is 6.54 Å². The zero-order valence-electron chi connectivity index (χ0n) is 14.3. The number of nitrogens with one attached hydrogen (secondary N) is 2. The van der Waals surface area contributed by atoms with Gasteiger partial charge in [-0.25, -0.2) is 0 Å². The number of rotatable bonds is 5. The maximum atomic E-state index is 12.6. The molecule has 4 nitrogen and oxygen atoms in total. The molecule has 3 aromatic rings. The van der Waals surface area contributed by atoms with Crippen LogP contribution in [0.2, 0.25) is 0 Å². The van der Waals surface area contributed by atoms with Gasteiger partial charge < -0.3 is 15.4 Å². The number of aliphatic hydroxyl groups is 1. The molecule has 1 amide bonds. The molecule has 1 aromatic heterocycles. The molecule has 0 bridgehead atoms. The molecule has 26 heavy (non-hydrogen) atoms. The first-order valence-electron chi connectivity index (χ1n) is 8.70. The molecule has 0 spiro atoms. The third kappa shape index (κ3) is 3.07. The number of aliphatic hydroxyl groups excluding tert-OH is 1. The summed E-state index contributed by atoms with van der Waals surface area (Å²) in [4.78, 5) is 15.7. The first-order chi connectivity index (χ1) is 12.8. The highest BCUT2D eigenvalue weighted by molar-refractivity contribution is 6.01. The largest absolute Gasteiger partial charge is 0.392 e. The van der Waals surface area contributed by atoms with E-state index in [2.05, 4.69) is 34.6 Å². The molecule has 4 rings (SSSR count). The van der Waals surface area contributed by atoms with E-state index in [-0.39, 0.29) is 12.5 Å². The summed E-state index contributed by atoms with van der Waals surface area (Å²) in [7, 11) is 0. The van der Waals surface area contributed by atoms with Crippen molar-refractivity contribution >= 4 is 22.4 Å². The number of carbonyl (C=O) groups excluding carboxylic acids is 1. The Balaban J connectivity index is 1.47. The summed E-state index contributed by atoms with van der Waals surface area (Å²) in [6.45, 7) is 0.295. The van der Waals surface area contributed by atoms with Gasteiger partial charge in [0.15, 0.2) is 0 Å². The van der Waals surface area contributed by atoms with Crippen LogP contribution in [0.1, 0.15) is 28.0 Å². The molecule has 4 heteroatoms. The number of benzene rings is 2. The van der Waals surface area contributed by atoms with Gasteiger partial charge in [0.05, 0.1) is 6.61 Å². The summed E-state index contributed by atoms with van der Waals surface area (Å²) >= 11 is 0. The Morgan fingerprint density at radius 1 is 1.08 bits per heavy atom. The lowest BCUT2D eigenvalue weighted by Gasteiger charge is -2.05. The quantitative estimate of drug-likeness (QED) is 0.659. The average molecular weight is 344 g/mol. The van der Waals surface area contributed by atoms with E-state index < -0.39 is 0 Å². The second kappa shape index (κ2) is 7.02. The summed E-state index contributed by atoms with van der Waals surface area (Å²) in [5, 5.41) is 13.5. The van der Waals surface area contributed by atoms with Gasteiger partial charge in [0, 0.05) is 23.0 Å². The van der Waals surface area contributed by atoms with Crippen LogP contribution < -0.4 is 5.32 Å². The van der Waals surface area contributed by atoms with E-state index in [0.29, 0.717) is 17.8 Å². The Hall–Kier alpha value is -3.11. The van der Waals surface area contributed by atoms with E-state index >= 15 is 0 Å². The van der Waals surface area contributed by atoms with Gasteiger partial charge in [-0.05, 0) is 29.2 Å². The Labute approximate surface area is 151 Å². The minimum absolute atomic E-state index is 0.173. The SMILES string of the molecule is O=C(NCC1=CCC(c2ccccc2)=C1)c1[nH]c2ccccc2c1CO. The molecule has 0 fully saturated rings. The van der Waals surface area contributed by atoms with Gasteiger partial charge in [-0.3, -0.25) is 4.79 Å². The fraction of sp³-hybridized carbons (Fsp3) is 0.136. The highest BCUT2D eigenvalue weighted by Crippen LogP contribution is 2.27. The Kier molecular flexibility index (Phi) is 4.42. The average Bonchev–Trinajstić information content (AvgIpc) is 3.31. The predicted octanol–water partition coefficient (Wildman–Crippen LogP) is 3.80. The lowest BCUT2D eigenvalue weighted by atomic mass is 10.1. The van der Waals surface area contributed by atoms with Crippen LogP contribution in [0.5, 0.6) is 0 Å². The van der Waals surface area contributed by atoms with Gasteiger partial charge in [0.1, 0.15) is 5.69 Å². The molecular formula is C22H20N2O2. The number of hydrogen-bond donors (Lipinski definition) is 3. The van der Waals surface area contributed by atoms with Crippen LogP contribution in [0.15, 0.2) is 72.3 Å². The van der Waals surface area contributed by atoms with E-state index in [1.54, 1.807) is 0 Å². The highest BCUT2D eigenvalue weighted by atomic mass is 16.3. The summed E-state index contributed by atoms with van der Waals surface area (Å²) in [6.07, 6.45) is 5.15. The molecule has 130 valence electrons. The maximum Gasteiger partial charge on any atom is 0.268 e. The van der Waals surface area contributed by atoms with Crippen LogP contribution in [-0.4, -0.2) is 22.5 Å². The molecule has 2 aromatic carbocycles. The zero-order valence-corrected chi connectivity index (χ0v) is 14.3. The summed E-state index contributed by atoms with van der Waals surface area (Å²) < 4.78 is 0. The topological polar surface area (TPSA) is 65.1 Å². The van der Waals surface area contributed by atoms with Gasteiger partial charge in [-0.15, -0.1) is 0 Å². The van der Waals surface area contributed by atoms with Gasteiger partial charge in [0.25, 0.3) is 5.91 Å². The number of H-pyrrole nitrogens is 1. The first-order valence-corrected chi connectivity index (χ1v) is 8.70. The number of amides is 1. The monoisotopic (exact) mass is 344 g/mol. The fourth-order valence-corrected chi connectivity index (χ4v) is 3.39. The minimum Gasteiger partial charge on any atom is -0.392 e. The van der Waals surface area contributed by atoms with Crippen molar-refractivity contribution in [1.29, 1.82) is 0 Å². The number of allylic oxidation sites excluding steroid dienone is 2. The van der Waals surface area contributed by atoms with Crippen molar-refractivity contribution in [2.45, 2.75) is 13.0 Å². The Bertz CT molecular complexity index is 1010. The highest BCUT2D eigenvalue weighted by Gasteiger charge is 2.17. The van der Waals surface area contributed by atoms with E-state index in [9.17, 15) is 9.90 Å². The first kappa shape index (κ1) is 16.4. The number of para-hydroxylation sites is 1. The zero-order chi connectivity index (χ0) is 17.9. The summed E-state index contributed by atoms with van der Waals surface area (Å²) in [5.74, 6) is -0.201. The normalized spacial score (nSPS) is 13.6. The molecule has 0 atom stereocenters. The second-order valence-electron chi connectivity index (χ2n) is 6.38. The standard InChI is InChI=1S/C22H20N2O2/c25-14-19-18-8-4-5-9-20(18)24-21(19)22(26)23-13-15-10-11-17(12-15)16-6-2-1-3-7-16/h1-10,12,24-25H,11,13-14H2,(H,23,26). The molecule has 3 N–H and O–H groups in total. The number of fused-ring (bicyclic) bond motifs is 1. The summed E-state index contributed by atoms with van der Waals surface area (Å²) in [5.41, 5.74) is 5.49. The molecular weight excluding hydrogens is 324 g/mol. The number of aromatic nitrogens is 1. The molecule has 1 aliphatic rings. The molecule has 0 unspecified atom stereocenters. The van der Waals surface area contributed by atoms with E-state index in [0.717, 1.165) is 22.9 Å². The van der Waals surface area contributed by atoms with E-state index in [1.807, 2.05) is 42.5 Å². The third-order valence-corrected chi connectivity index (χ3v) is 4.74. The second-order valence-corrected chi connectivity index (χ2v) is 6.38. The van der Waals surface area contributed by atoms with Crippen LogP contribution >= 0.6 is 0 Å². The lowest BCUT2D eigenvalue weighted by molar-refractivity contribution is 0.0950. The van der Waals surface area contributed by atoms with Crippen LogP contribution in [0.3, 0.4) is 0 Å². The number of carbonyl (C=O) groups is 1. The molecule has 0 saturated carbocycles. The van der Waals surface area contributed by atoms with Crippen molar-refractivity contribution in [3.8, 4) is 0 Å².